The number of nitrogens with one attached hydrogen (secondary N) is 2. The van der Waals surface area contributed by atoms with E-state index in [1.807, 2.05) is 30.5 Å². The van der Waals surface area contributed by atoms with Crippen molar-refractivity contribution < 1.29 is 9.50 Å². The number of aromatic nitrogens is 3. The molecule has 8 heteroatoms. The van der Waals surface area contributed by atoms with Crippen LogP contribution in [-0.2, 0) is 13.0 Å². The van der Waals surface area contributed by atoms with E-state index in [9.17, 15) is 19.1 Å². The molecule has 0 atom stereocenters. The van der Waals surface area contributed by atoms with Crippen molar-refractivity contribution in [3.63, 3.8) is 0 Å². The first-order valence-electron chi connectivity index (χ1n) is 9.38. The maximum atomic E-state index is 13.1. The molecule has 0 fully saturated rings. The summed E-state index contributed by atoms with van der Waals surface area (Å²) >= 11 is 0. The molecule has 0 unspecified atom stereocenters. The van der Waals surface area contributed by atoms with Gasteiger partial charge in [-0.15, -0.1) is 0 Å². The minimum atomic E-state index is -0.752. The molecule has 2 aromatic carbocycles. The van der Waals surface area contributed by atoms with Crippen LogP contribution < -0.4 is 11.2 Å². The average molecular weight is 406 g/mol. The van der Waals surface area contributed by atoms with Crippen LogP contribution in [-0.4, -0.2) is 32.4 Å². The molecular weight excluding hydrogens is 387 g/mol. The van der Waals surface area contributed by atoms with Gasteiger partial charge in [0.1, 0.15) is 11.4 Å². The summed E-state index contributed by atoms with van der Waals surface area (Å²) in [5.41, 5.74) is 1.17. The zero-order chi connectivity index (χ0) is 21.1. The summed E-state index contributed by atoms with van der Waals surface area (Å²) in [7, 11) is 0. The third kappa shape index (κ3) is 3.93. The lowest BCUT2D eigenvalue weighted by Gasteiger charge is -2.09. The molecular formula is C22H19FN4O3. The number of aromatic amines is 2. The SMILES string of the molecule is O=c1[nH]c(=O)n(Cc2ccc(F)cc2)c(O)c1C=NCCc1c[nH]c2ccccc12. The van der Waals surface area contributed by atoms with Gasteiger partial charge in [-0.2, -0.15) is 0 Å². The Kier molecular flexibility index (Phi) is 5.30. The number of fused-ring (bicyclic) bond motifs is 1. The number of rotatable bonds is 6. The van der Waals surface area contributed by atoms with Crippen molar-refractivity contribution in [3.8, 4) is 5.88 Å². The fourth-order valence-corrected chi connectivity index (χ4v) is 3.29. The molecule has 0 spiro atoms. The maximum Gasteiger partial charge on any atom is 0.331 e. The minimum Gasteiger partial charge on any atom is -0.494 e. The monoisotopic (exact) mass is 406 g/mol. The Balaban J connectivity index is 1.54. The van der Waals surface area contributed by atoms with Crippen molar-refractivity contribution >= 4 is 17.1 Å². The Labute approximate surface area is 170 Å². The molecule has 0 saturated carbocycles. The van der Waals surface area contributed by atoms with E-state index >= 15 is 0 Å². The first-order chi connectivity index (χ1) is 14.5. The largest absolute Gasteiger partial charge is 0.494 e. The quantitative estimate of drug-likeness (QED) is 0.429. The van der Waals surface area contributed by atoms with Gasteiger partial charge in [0.15, 0.2) is 0 Å². The molecule has 4 aromatic rings. The molecule has 0 saturated heterocycles. The van der Waals surface area contributed by atoms with Gasteiger partial charge in [-0.05, 0) is 35.7 Å². The summed E-state index contributed by atoms with van der Waals surface area (Å²) in [6.07, 6.45) is 3.84. The van der Waals surface area contributed by atoms with Gasteiger partial charge in [0.25, 0.3) is 5.56 Å². The Morgan fingerprint density at radius 2 is 1.87 bits per heavy atom. The molecule has 0 bridgehead atoms. The summed E-state index contributed by atoms with van der Waals surface area (Å²) in [5, 5.41) is 11.6. The van der Waals surface area contributed by atoms with E-state index < -0.39 is 22.9 Å². The van der Waals surface area contributed by atoms with Crippen molar-refractivity contribution in [2.75, 3.05) is 6.54 Å². The number of hydrogen-bond donors (Lipinski definition) is 3. The van der Waals surface area contributed by atoms with Crippen LogP contribution in [0.4, 0.5) is 4.39 Å². The first kappa shape index (κ1) is 19.4. The molecule has 0 amide bonds. The summed E-state index contributed by atoms with van der Waals surface area (Å²) in [5.74, 6) is -0.885. The van der Waals surface area contributed by atoms with Crippen LogP contribution in [0.25, 0.3) is 10.9 Å². The zero-order valence-electron chi connectivity index (χ0n) is 15.9. The van der Waals surface area contributed by atoms with Crippen LogP contribution in [0, 0.1) is 5.82 Å². The van der Waals surface area contributed by atoms with E-state index in [0.717, 1.165) is 21.0 Å². The second-order valence-electron chi connectivity index (χ2n) is 6.85. The Bertz CT molecular complexity index is 1330. The molecule has 4 rings (SSSR count). The number of hydrogen-bond acceptors (Lipinski definition) is 4. The standard InChI is InChI=1S/C22H19FN4O3/c23-16-7-5-14(6-8-16)13-27-21(29)18(20(28)26-22(27)30)12-24-10-9-15-11-25-19-4-2-1-3-17(15)19/h1-8,11-12,25,29H,9-10,13H2,(H,26,28,30). The van der Waals surface area contributed by atoms with E-state index in [1.54, 1.807) is 0 Å². The lowest BCUT2D eigenvalue weighted by atomic mass is 10.1. The highest BCUT2D eigenvalue weighted by atomic mass is 19.1. The van der Waals surface area contributed by atoms with Crippen molar-refractivity contribution in [1.82, 2.24) is 14.5 Å². The third-order valence-corrected chi connectivity index (χ3v) is 4.87. The van der Waals surface area contributed by atoms with Crippen LogP contribution in [0.1, 0.15) is 16.7 Å². The zero-order valence-corrected chi connectivity index (χ0v) is 15.9. The summed E-state index contributed by atoms with van der Waals surface area (Å²) in [6, 6.07) is 13.5. The number of aromatic hydroxyl groups is 1. The van der Waals surface area contributed by atoms with Gasteiger partial charge in [-0.25, -0.2) is 9.18 Å². The van der Waals surface area contributed by atoms with Crippen LogP contribution in [0.5, 0.6) is 5.88 Å². The predicted octanol–water partition coefficient (Wildman–Crippen LogP) is 2.57. The van der Waals surface area contributed by atoms with Gasteiger partial charge in [-0.1, -0.05) is 30.3 Å². The summed E-state index contributed by atoms with van der Waals surface area (Å²) in [6.45, 7) is 0.385. The van der Waals surface area contributed by atoms with E-state index in [1.165, 1.54) is 30.5 Å². The fourth-order valence-electron chi connectivity index (χ4n) is 3.29. The Hall–Kier alpha value is -3.94. The number of para-hydroxylation sites is 1. The van der Waals surface area contributed by atoms with E-state index in [4.69, 9.17) is 0 Å². The number of nitrogens with zero attached hydrogens (tertiary/aromatic N) is 2. The molecule has 3 N–H and O–H groups in total. The molecule has 2 heterocycles. The van der Waals surface area contributed by atoms with Gasteiger partial charge in [0.2, 0.25) is 5.88 Å². The molecule has 30 heavy (non-hydrogen) atoms. The highest BCUT2D eigenvalue weighted by molar-refractivity contribution is 5.83. The molecule has 0 radical (unpaired) electrons. The molecule has 2 aromatic heterocycles. The number of halogens is 1. The van der Waals surface area contributed by atoms with Crippen LogP contribution >= 0.6 is 0 Å². The second-order valence-corrected chi connectivity index (χ2v) is 6.85. The normalized spacial score (nSPS) is 11.5. The molecule has 7 nitrogen and oxygen atoms in total. The van der Waals surface area contributed by atoms with Crippen molar-refractivity contribution in [2.45, 2.75) is 13.0 Å². The lowest BCUT2D eigenvalue weighted by molar-refractivity contribution is 0.408. The Morgan fingerprint density at radius 1 is 1.10 bits per heavy atom. The molecule has 0 aliphatic carbocycles. The van der Waals surface area contributed by atoms with Crippen molar-refractivity contribution in [3.05, 3.63) is 98.1 Å². The summed E-state index contributed by atoms with van der Waals surface area (Å²) < 4.78 is 14.1. The minimum absolute atomic E-state index is 0.0160. The van der Waals surface area contributed by atoms with Crippen LogP contribution in [0.15, 0.2) is 69.3 Å². The van der Waals surface area contributed by atoms with Gasteiger partial charge >= 0.3 is 5.69 Å². The maximum absolute atomic E-state index is 13.1. The number of aliphatic imine (C=N–C) groups is 1. The highest BCUT2D eigenvalue weighted by Crippen LogP contribution is 2.18. The first-order valence-corrected chi connectivity index (χ1v) is 9.38. The third-order valence-electron chi connectivity index (χ3n) is 4.87. The topological polar surface area (TPSA) is 103 Å². The van der Waals surface area contributed by atoms with E-state index in [0.29, 0.717) is 18.5 Å². The predicted molar refractivity (Wildman–Crippen MR) is 113 cm³/mol. The van der Waals surface area contributed by atoms with Gasteiger partial charge in [0, 0.05) is 29.9 Å². The van der Waals surface area contributed by atoms with Gasteiger partial charge < -0.3 is 10.1 Å². The smallest absolute Gasteiger partial charge is 0.331 e. The van der Waals surface area contributed by atoms with Gasteiger partial charge in [-0.3, -0.25) is 19.3 Å². The highest BCUT2D eigenvalue weighted by Gasteiger charge is 2.13. The molecule has 0 aliphatic rings. The van der Waals surface area contributed by atoms with E-state index in [2.05, 4.69) is 15.0 Å². The number of benzene rings is 2. The summed E-state index contributed by atoms with van der Waals surface area (Å²) in [4.78, 5) is 33.9. The van der Waals surface area contributed by atoms with Gasteiger partial charge in [0.05, 0.1) is 6.54 Å². The Morgan fingerprint density at radius 3 is 2.67 bits per heavy atom. The van der Waals surface area contributed by atoms with E-state index in [-0.39, 0.29) is 12.1 Å². The van der Waals surface area contributed by atoms with Crippen molar-refractivity contribution in [2.24, 2.45) is 4.99 Å². The number of H-pyrrole nitrogens is 2. The molecule has 0 aliphatic heterocycles. The average Bonchev–Trinajstić information content (AvgIpc) is 3.15. The lowest BCUT2D eigenvalue weighted by Crippen LogP contribution is -2.32. The van der Waals surface area contributed by atoms with Crippen LogP contribution in [0.2, 0.25) is 0 Å². The van der Waals surface area contributed by atoms with Crippen molar-refractivity contribution in [1.29, 1.82) is 0 Å². The second kappa shape index (κ2) is 8.20. The van der Waals surface area contributed by atoms with Crippen LogP contribution in [0.3, 0.4) is 0 Å². The molecule has 152 valence electrons. The fraction of sp³-hybridized carbons (Fsp3) is 0.136.